The van der Waals surface area contributed by atoms with Gasteiger partial charge in [0.05, 0.1) is 0 Å². The summed E-state index contributed by atoms with van der Waals surface area (Å²) in [5.74, 6) is 0. The van der Waals surface area contributed by atoms with Gasteiger partial charge < -0.3 is 9.69 Å². The predicted molar refractivity (Wildman–Crippen MR) is 26.8 cm³/mol. The van der Waals surface area contributed by atoms with E-state index in [1.807, 2.05) is 0 Å². The standard InChI is InChI=1S/C5H7FNO.K/c6-5-1-2-7(3-5)4-8;/h5H,1-3H2;/q-1;+1. The molecule has 46 valence electrons. The summed E-state index contributed by atoms with van der Waals surface area (Å²) in [7, 11) is 0. The topological polar surface area (TPSA) is 20.3 Å². The quantitative estimate of drug-likeness (QED) is 0.294. The van der Waals surface area contributed by atoms with Gasteiger partial charge in [-0.3, -0.25) is 0 Å². The summed E-state index contributed by atoms with van der Waals surface area (Å²) in [6.07, 6.45) is 1.31. The summed E-state index contributed by atoms with van der Waals surface area (Å²) < 4.78 is 12.1. The van der Waals surface area contributed by atoms with Crippen LogP contribution in [-0.2, 0) is 4.79 Å². The molecule has 1 heterocycles. The van der Waals surface area contributed by atoms with Gasteiger partial charge in [-0.05, 0) is 13.0 Å². The first-order valence-corrected chi connectivity index (χ1v) is 2.59. The molecule has 1 saturated heterocycles. The molecule has 0 aromatic carbocycles. The van der Waals surface area contributed by atoms with Crippen molar-refractivity contribution in [1.82, 2.24) is 4.90 Å². The van der Waals surface area contributed by atoms with Gasteiger partial charge in [-0.2, -0.15) is 6.41 Å². The molecule has 1 aliphatic heterocycles. The van der Waals surface area contributed by atoms with Crippen LogP contribution in [0, 0.1) is 0 Å². The fourth-order valence-electron chi connectivity index (χ4n) is 0.801. The van der Waals surface area contributed by atoms with Gasteiger partial charge in [0, 0.05) is 6.54 Å². The summed E-state index contributed by atoms with van der Waals surface area (Å²) in [6, 6.07) is 0. The van der Waals surface area contributed by atoms with Crippen LogP contribution in [0.1, 0.15) is 6.42 Å². The van der Waals surface area contributed by atoms with Crippen molar-refractivity contribution in [1.29, 1.82) is 0 Å². The summed E-state index contributed by atoms with van der Waals surface area (Å²) in [6.45, 7) is 0.772. The van der Waals surface area contributed by atoms with Crippen LogP contribution in [0.5, 0.6) is 0 Å². The molecule has 1 aliphatic rings. The van der Waals surface area contributed by atoms with Gasteiger partial charge in [0.15, 0.2) is 0 Å². The molecule has 0 bridgehead atoms. The van der Waals surface area contributed by atoms with Crippen LogP contribution >= 0.6 is 0 Å². The summed E-state index contributed by atoms with van der Waals surface area (Å²) in [5, 5.41) is 0. The molecule has 0 N–H and O–H groups in total. The van der Waals surface area contributed by atoms with Crippen molar-refractivity contribution in [3.63, 3.8) is 0 Å². The first-order valence-electron chi connectivity index (χ1n) is 2.59. The van der Waals surface area contributed by atoms with E-state index in [-0.39, 0.29) is 57.9 Å². The maximum Gasteiger partial charge on any atom is 1.00 e. The summed E-state index contributed by atoms with van der Waals surface area (Å²) >= 11 is 0. The van der Waals surface area contributed by atoms with Crippen LogP contribution in [-0.4, -0.2) is 30.6 Å². The molecule has 4 heteroatoms. The first-order chi connectivity index (χ1) is 3.83. The second-order valence-corrected chi connectivity index (χ2v) is 1.92. The molecule has 1 fully saturated rings. The zero-order valence-electron chi connectivity index (χ0n) is 5.43. The maximum atomic E-state index is 12.1. The molecule has 0 aliphatic carbocycles. The minimum absolute atomic E-state index is 0. The van der Waals surface area contributed by atoms with E-state index in [0.717, 1.165) is 0 Å². The molecule has 9 heavy (non-hydrogen) atoms. The zero-order valence-corrected chi connectivity index (χ0v) is 8.56. The number of hydrogen-bond donors (Lipinski definition) is 0. The number of hydrogen-bond acceptors (Lipinski definition) is 1. The van der Waals surface area contributed by atoms with Crippen molar-refractivity contribution in [2.75, 3.05) is 13.1 Å². The van der Waals surface area contributed by atoms with Gasteiger partial charge >= 0.3 is 51.4 Å². The van der Waals surface area contributed by atoms with E-state index in [1.165, 1.54) is 4.90 Å². The molecular formula is C5H7FKNO. The first kappa shape index (κ1) is 10.0. The van der Waals surface area contributed by atoms with Crippen LogP contribution in [0.2, 0.25) is 0 Å². The van der Waals surface area contributed by atoms with Crippen molar-refractivity contribution >= 4 is 6.41 Å². The maximum absolute atomic E-state index is 12.1. The Kier molecular flexibility index (Phi) is 5.34. The summed E-state index contributed by atoms with van der Waals surface area (Å²) in [5.41, 5.74) is 0. The number of likely N-dealkylation sites (tertiary alicyclic amines) is 1. The normalized spacial score (nSPS) is 25.4. The Bertz CT molecular complexity index is 101. The Morgan fingerprint density at radius 2 is 2.33 bits per heavy atom. The van der Waals surface area contributed by atoms with Crippen molar-refractivity contribution in [2.24, 2.45) is 0 Å². The average Bonchev–Trinajstić information content (AvgIpc) is 2.14. The van der Waals surface area contributed by atoms with E-state index in [2.05, 4.69) is 0 Å². The molecule has 1 rings (SSSR count). The predicted octanol–water partition coefficient (Wildman–Crippen LogP) is -2.90. The van der Waals surface area contributed by atoms with Gasteiger partial charge in [-0.25, -0.2) is 4.39 Å². The zero-order chi connectivity index (χ0) is 5.98. The second kappa shape index (κ2) is 4.79. The molecule has 0 aromatic rings. The van der Waals surface area contributed by atoms with Crippen molar-refractivity contribution < 1.29 is 60.6 Å². The van der Waals surface area contributed by atoms with Crippen molar-refractivity contribution in [3.05, 3.63) is 0 Å². The second-order valence-electron chi connectivity index (χ2n) is 1.92. The average molecular weight is 155 g/mol. The number of carbonyl (C=O) groups excluding carboxylic acids is 1. The van der Waals surface area contributed by atoms with Gasteiger partial charge in [0.1, 0.15) is 6.17 Å². The third-order valence-corrected chi connectivity index (χ3v) is 1.26. The molecular weight excluding hydrogens is 148 g/mol. The van der Waals surface area contributed by atoms with Gasteiger partial charge in [0.2, 0.25) is 0 Å². The molecule has 1 amide bonds. The van der Waals surface area contributed by atoms with Crippen LogP contribution in [0.4, 0.5) is 4.39 Å². The van der Waals surface area contributed by atoms with Crippen LogP contribution in [0.15, 0.2) is 0 Å². The number of nitrogens with zero attached hydrogens (tertiary/aromatic N) is 1. The Morgan fingerprint density at radius 1 is 1.67 bits per heavy atom. The number of alkyl halides is 1. The minimum Gasteiger partial charge on any atom is -0.520 e. The van der Waals surface area contributed by atoms with Crippen LogP contribution in [0.3, 0.4) is 0 Å². The Balaban J connectivity index is 0.000000640. The number of halogens is 1. The minimum atomic E-state index is -0.809. The van der Waals surface area contributed by atoms with Crippen molar-refractivity contribution in [3.8, 4) is 0 Å². The van der Waals surface area contributed by atoms with Crippen molar-refractivity contribution in [2.45, 2.75) is 12.6 Å². The number of amides is 1. The molecule has 2 nitrogen and oxygen atoms in total. The smallest absolute Gasteiger partial charge is 0.520 e. The largest absolute Gasteiger partial charge is 1.00 e. The molecule has 0 radical (unpaired) electrons. The van der Waals surface area contributed by atoms with E-state index < -0.39 is 6.17 Å². The fourth-order valence-corrected chi connectivity index (χ4v) is 0.801. The van der Waals surface area contributed by atoms with E-state index in [1.54, 1.807) is 6.41 Å². The number of rotatable bonds is 1. The third-order valence-electron chi connectivity index (χ3n) is 1.26. The van der Waals surface area contributed by atoms with Gasteiger partial charge in [0.25, 0.3) is 0 Å². The Hall–Kier alpha value is 1.04. The van der Waals surface area contributed by atoms with E-state index in [4.69, 9.17) is 0 Å². The van der Waals surface area contributed by atoms with Crippen LogP contribution < -0.4 is 51.4 Å². The SMILES string of the molecule is O=[C-]N1CCC(F)C1.[K+]. The third kappa shape index (κ3) is 3.09. The molecule has 1 unspecified atom stereocenters. The molecule has 1 atom stereocenters. The summed E-state index contributed by atoms with van der Waals surface area (Å²) in [4.78, 5) is 11.1. The van der Waals surface area contributed by atoms with E-state index >= 15 is 0 Å². The molecule has 0 spiro atoms. The fraction of sp³-hybridized carbons (Fsp3) is 0.800. The van der Waals surface area contributed by atoms with E-state index in [9.17, 15) is 9.18 Å². The van der Waals surface area contributed by atoms with E-state index in [0.29, 0.717) is 13.0 Å². The molecule has 0 saturated carbocycles. The Morgan fingerprint density at radius 3 is 2.56 bits per heavy atom. The Labute approximate surface area is 96.2 Å². The molecule has 0 aromatic heterocycles. The van der Waals surface area contributed by atoms with Gasteiger partial charge in [-0.1, -0.05) is 0 Å². The van der Waals surface area contributed by atoms with Gasteiger partial charge in [-0.15, -0.1) is 0 Å². The monoisotopic (exact) mass is 155 g/mol. The van der Waals surface area contributed by atoms with Crippen LogP contribution in [0.25, 0.3) is 0 Å².